The molecule has 0 amide bonds. The van der Waals surface area contributed by atoms with E-state index < -0.39 is 11.7 Å². The number of hydrogen-bond donors (Lipinski definition) is 1. The van der Waals surface area contributed by atoms with Gasteiger partial charge in [0.2, 0.25) is 0 Å². The number of esters is 1. The summed E-state index contributed by atoms with van der Waals surface area (Å²) in [6.45, 7) is 9.98. The molecule has 0 radical (unpaired) electrons. The number of rotatable bonds is 4. The minimum atomic E-state index is -0.810. The van der Waals surface area contributed by atoms with Crippen molar-refractivity contribution in [3.8, 4) is 0 Å². The van der Waals surface area contributed by atoms with Crippen molar-refractivity contribution < 1.29 is 14.6 Å². The molecule has 1 aromatic carbocycles. The molecule has 3 nitrogen and oxygen atoms in total. The lowest BCUT2D eigenvalue weighted by Gasteiger charge is -1.96. The summed E-state index contributed by atoms with van der Waals surface area (Å²) >= 11 is 0. The molecule has 3 heteroatoms. The Morgan fingerprint density at radius 3 is 2.24 bits per heavy atom. The molecule has 0 aromatic heterocycles. The van der Waals surface area contributed by atoms with Crippen LogP contribution in [0.15, 0.2) is 61.9 Å². The maximum Gasteiger partial charge on any atom is 0.373 e. The second-order valence-corrected chi connectivity index (χ2v) is 2.95. The number of aliphatic hydroxyl groups is 1. The minimum absolute atomic E-state index is 0.0956. The van der Waals surface area contributed by atoms with Gasteiger partial charge in [0.15, 0.2) is 5.76 Å². The van der Waals surface area contributed by atoms with Crippen LogP contribution in [0, 0.1) is 0 Å². The Labute approximate surface area is 101 Å². The van der Waals surface area contributed by atoms with Crippen LogP contribution < -0.4 is 0 Å². The maximum absolute atomic E-state index is 10.3. The van der Waals surface area contributed by atoms with Crippen LogP contribution in [0.1, 0.15) is 5.56 Å². The van der Waals surface area contributed by atoms with E-state index in [1.165, 1.54) is 11.6 Å². The van der Waals surface area contributed by atoms with Gasteiger partial charge < -0.3 is 9.84 Å². The van der Waals surface area contributed by atoms with Crippen molar-refractivity contribution >= 4 is 12.0 Å². The van der Waals surface area contributed by atoms with Crippen molar-refractivity contribution in [3.05, 3.63) is 67.5 Å². The van der Waals surface area contributed by atoms with E-state index >= 15 is 0 Å². The fourth-order valence-corrected chi connectivity index (χ4v) is 0.807. The summed E-state index contributed by atoms with van der Waals surface area (Å²) in [5.41, 5.74) is 1.17. The van der Waals surface area contributed by atoms with Crippen LogP contribution in [-0.2, 0) is 9.53 Å². The van der Waals surface area contributed by atoms with E-state index in [1.807, 2.05) is 36.4 Å². The van der Waals surface area contributed by atoms with Crippen LogP contribution in [0.5, 0.6) is 0 Å². The number of hydrogen-bond acceptors (Lipinski definition) is 3. The summed E-state index contributed by atoms with van der Waals surface area (Å²) in [5, 5.41) is 8.34. The molecule has 0 heterocycles. The fourth-order valence-electron chi connectivity index (χ4n) is 0.807. The monoisotopic (exact) mass is 232 g/mol. The van der Waals surface area contributed by atoms with E-state index in [0.717, 1.165) is 0 Å². The zero-order valence-electron chi connectivity index (χ0n) is 9.63. The summed E-state index contributed by atoms with van der Waals surface area (Å²) < 4.78 is 4.35. The summed E-state index contributed by atoms with van der Waals surface area (Å²) in [5.74, 6) is -1.40. The quantitative estimate of drug-likeness (QED) is 0.375. The second-order valence-electron chi connectivity index (χ2n) is 2.95. The Morgan fingerprint density at radius 1 is 1.29 bits per heavy atom. The molecule has 0 bridgehead atoms. The van der Waals surface area contributed by atoms with Gasteiger partial charge in [-0.05, 0) is 12.1 Å². The highest BCUT2D eigenvalue weighted by molar-refractivity contribution is 5.84. The first-order valence-corrected chi connectivity index (χ1v) is 4.95. The van der Waals surface area contributed by atoms with E-state index in [1.54, 1.807) is 0 Å². The largest absolute Gasteiger partial charge is 0.502 e. The summed E-state index contributed by atoms with van der Waals surface area (Å²) in [6, 6.07) is 10.0. The lowest BCUT2D eigenvalue weighted by Crippen LogP contribution is -2.05. The van der Waals surface area contributed by atoms with Crippen LogP contribution in [0.3, 0.4) is 0 Å². The van der Waals surface area contributed by atoms with Crippen LogP contribution in [0.25, 0.3) is 6.08 Å². The first-order valence-electron chi connectivity index (χ1n) is 4.95. The van der Waals surface area contributed by atoms with E-state index in [0.29, 0.717) is 0 Å². The molecule has 1 rings (SSSR count). The maximum atomic E-state index is 10.3. The van der Waals surface area contributed by atoms with Gasteiger partial charge >= 0.3 is 5.97 Å². The molecule has 0 aliphatic rings. The highest BCUT2D eigenvalue weighted by atomic mass is 16.5. The predicted octanol–water partition coefficient (Wildman–Crippen LogP) is 3.12. The average molecular weight is 232 g/mol. The molecule has 90 valence electrons. The normalized spacial score (nSPS) is 8.24. The van der Waals surface area contributed by atoms with E-state index in [-0.39, 0.29) is 6.61 Å². The van der Waals surface area contributed by atoms with E-state index in [9.17, 15) is 4.79 Å². The molecule has 0 fully saturated rings. The van der Waals surface area contributed by atoms with Gasteiger partial charge in [-0.2, -0.15) is 0 Å². The Kier molecular flexibility index (Phi) is 7.76. The standard InChI is InChI=1S/C8H8.C6H8O3/c1-2-8-6-4-3-5-7-8;1-3-4-9-6(8)5(2)7/h2-7H,1H2;3,7H,1-2,4H2. The van der Waals surface area contributed by atoms with Gasteiger partial charge in [-0.25, -0.2) is 4.79 Å². The molecule has 0 saturated carbocycles. The topological polar surface area (TPSA) is 46.5 Å². The molecule has 0 aliphatic carbocycles. The number of carbonyl (C=O) groups excluding carboxylic acids is 1. The van der Waals surface area contributed by atoms with Gasteiger partial charge in [0.1, 0.15) is 6.61 Å². The van der Waals surface area contributed by atoms with Gasteiger partial charge in [0.05, 0.1) is 0 Å². The Balaban J connectivity index is 0.000000302. The van der Waals surface area contributed by atoms with Gasteiger partial charge in [-0.1, -0.05) is 55.6 Å². The second kappa shape index (κ2) is 8.97. The molecular weight excluding hydrogens is 216 g/mol. The number of benzene rings is 1. The Bertz CT molecular complexity index is 380. The third-order valence-corrected chi connectivity index (χ3v) is 1.60. The van der Waals surface area contributed by atoms with Gasteiger partial charge in [0.25, 0.3) is 0 Å². The third-order valence-electron chi connectivity index (χ3n) is 1.60. The number of carbonyl (C=O) groups is 1. The number of aliphatic hydroxyl groups excluding tert-OH is 1. The SMILES string of the molecule is C=CCOC(=O)C(=C)O.C=Cc1ccccc1. The van der Waals surface area contributed by atoms with Gasteiger partial charge in [-0.15, -0.1) is 0 Å². The van der Waals surface area contributed by atoms with Crippen molar-refractivity contribution in [2.24, 2.45) is 0 Å². The molecule has 0 unspecified atom stereocenters. The first kappa shape index (κ1) is 14.7. The minimum Gasteiger partial charge on any atom is -0.502 e. The van der Waals surface area contributed by atoms with Gasteiger partial charge in [-0.3, -0.25) is 0 Å². The van der Waals surface area contributed by atoms with Gasteiger partial charge in [0, 0.05) is 0 Å². The summed E-state index contributed by atoms with van der Waals surface area (Å²) in [6.07, 6.45) is 3.24. The highest BCUT2D eigenvalue weighted by Crippen LogP contribution is 1.97. The predicted molar refractivity (Wildman–Crippen MR) is 69.5 cm³/mol. The molecule has 1 N–H and O–H groups in total. The van der Waals surface area contributed by atoms with Crippen molar-refractivity contribution in [1.82, 2.24) is 0 Å². The molecule has 0 atom stereocenters. The van der Waals surface area contributed by atoms with Crippen molar-refractivity contribution in [3.63, 3.8) is 0 Å². The van der Waals surface area contributed by atoms with E-state index in [2.05, 4.69) is 24.5 Å². The Morgan fingerprint density at radius 2 is 1.88 bits per heavy atom. The lowest BCUT2D eigenvalue weighted by molar-refractivity contribution is -0.140. The fraction of sp³-hybridized carbons (Fsp3) is 0.0714. The van der Waals surface area contributed by atoms with Crippen LogP contribution in [0.4, 0.5) is 0 Å². The van der Waals surface area contributed by atoms with Crippen molar-refractivity contribution in [2.45, 2.75) is 0 Å². The van der Waals surface area contributed by atoms with Crippen molar-refractivity contribution in [1.29, 1.82) is 0 Å². The summed E-state index contributed by atoms with van der Waals surface area (Å²) in [7, 11) is 0. The molecule has 0 spiro atoms. The smallest absolute Gasteiger partial charge is 0.373 e. The number of ether oxygens (including phenoxy) is 1. The molecule has 0 saturated heterocycles. The van der Waals surface area contributed by atoms with Crippen LogP contribution in [-0.4, -0.2) is 17.7 Å². The Hall–Kier alpha value is -2.29. The van der Waals surface area contributed by atoms with Crippen LogP contribution >= 0.6 is 0 Å². The highest BCUT2D eigenvalue weighted by Gasteiger charge is 2.02. The average Bonchev–Trinajstić information content (AvgIpc) is 2.37. The molecule has 0 aliphatic heterocycles. The molecule has 17 heavy (non-hydrogen) atoms. The van der Waals surface area contributed by atoms with E-state index in [4.69, 9.17) is 5.11 Å². The summed E-state index contributed by atoms with van der Waals surface area (Å²) in [4.78, 5) is 10.3. The molecular formula is C14H16O3. The zero-order chi connectivity index (χ0) is 13.1. The first-order chi connectivity index (χ1) is 8.11. The zero-order valence-corrected chi connectivity index (χ0v) is 9.63. The molecule has 1 aromatic rings. The lowest BCUT2D eigenvalue weighted by atomic mass is 10.2. The van der Waals surface area contributed by atoms with Crippen molar-refractivity contribution in [2.75, 3.05) is 6.61 Å². The van der Waals surface area contributed by atoms with Crippen LogP contribution in [0.2, 0.25) is 0 Å². The third kappa shape index (κ3) is 7.62.